The van der Waals surface area contributed by atoms with Crippen molar-refractivity contribution in [2.24, 2.45) is 7.05 Å². The molecule has 1 aliphatic rings. The van der Waals surface area contributed by atoms with Gasteiger partial charge in [-0.1, -0.05) is 0 Å². The Hall–Kier alpha value is -3.84. The molecule has 2 aromatic heterocycles. The first kappa shape index (κ1) is 22.4. The molecule has 0 saturated heterocycles. The zero-order valence-electron chi connectivity index (χ0n) is 16.3. The van der Waals surface area contributed by atoms with Crippen molar-refractivity contribution in [2.75, 3.05) is 12.1 Å². The number of amides is 1. The van der Waals surface area contributed by atoms with E-state index in [1.165, 1.54) is 0 Å². The molecular weight excluding hydrogens is 465 g/mol. The van der Waals surface area contributed by atoms with Crippen LogP contribution in [0.2, 0.25) is 0 Å². The lowest BCUT2D eigenvalue weighted by Gasteiger charge is -2.13. The summed E-state index contributed by atoms with van der Waals surface area (Å²) in [6, 6.07) is 3.30. The van der Waals surface area contributed by atoms with Gasteiger partial charge in [0.25, 0.3) is 5.91 Å². The number of hydrogen-bond donors (Lipinski definition) is 1. The van der Waals surface area contributed by atoms with Gasteiger partial charge in [-0.3, -0.25) is 14.5 Å². The maximum Gasteiger partial charge on any atom is 0.433 e. The van der Waals surface area contributed by atoms with Gasteiger partial charge in [0.1, 0.15) is 22.6 Å². The topological polar surface area (TPSA) is 78.3 Å². The molecule has 0 bridgehead atoms. The Bertz CT molecular complexity index is 1250. The standard InChI is InChI=1S/C19H11F7N4O3/c1-30-14(17(31)28-8-4-5-27-11(6-8)18(21,22)23)12(19(24,25)26)13(29-30)9-2-3-10(20)16-15(9)32-7-33-16/h2-6H,7H2,1H3,(H,27,28,31). The minimum absolute atomic E-state index is 0.283. The molecule has 0 saturated carbocycles. The van der Waals surface area contributed by atoms with Gasteiger partial charge >= 0.3 is 12.4 Å². The molecule has 33 heavy (non-hydrogen) atoms. The molecule has 7 nitrogen and oxygen atoms in total. The quantitative estimate of drug-likeness (QED) is 0.558. The first-order valence-corrected chi connectivity index (χ1v) is 8.95. The highest BCUT2D eigenvalue weighted by Crippen LogP contribution is 2.47. The first-order valence-electron chi connectivity index (χ1n) is 8.95. The van der Waals surface area contributed by atoms with Crippen molar-refractivity contribution in [3.63, 3.8) is 0 Å². The van der Waals surface area contributed by atoms with E-state index in [4.69, 9.17) is 9.47 Å². The number of aromatic nitrogens is 3. The molecule has 3 heterocycles. The highest BCUT2D eigenvalue weighted by atomic mass is 19.4. The van der Waals surface area contributed by atoms with E-state index in [-0.39, 0.29) is 11.3 Å². The largest absolute Gasteiger partial charge is 0.453 e. The summed E-state index contributed by atoms with van der Waals surface area (Å²) in [5.74, 6) is -2.98. The van der Waals surface area contributed by atoms with Crippen molar-refractivity contribution < 1.29 is 45.0 Å². The van der Waals surface area contributed by atoms with Crippen molar-refractivity contribution in [1.29, 1.82) is 0 Å². The normalized spacial score (nSPS) is 13.3. The second kappa shape index (κ2) is 7.64. The summed E-state index contributed by atoms with van der Waals surface area (Å²) in [6.07, 6.45) is -9.20. The third-order valence-corrected chi connectivity index (χ3v) is 4.58. The number of fused-ring (bicyclic) bond motifs is 1. The smallest absolute Gasteiger partial charge is 0.433 e. The Balaban J connectivity index is 1.81. The molecule has 14 heteroatoms. The third kappa shape index (κ3) is 4.03. The highest BCUT2D eigenvalue weighted by molar-refractivity contribution is 6.05. The molecule has 0 fully saturated rings. The lowest BCUT2D eigenvalue weighted by Crippen LogP contribution is -2.21. The maximum absolute atomic E-state index is 14.0. The lowest BCUT2D eigenvalue weighted by atomic mass is 10.0. The molecule has 0 radical (unpaired) electrons. The van der Waals surface area contributed by atoms with E-state index in [1.807, 2.05) is 5.32 Å². The zero-order valence-corrected chi connectivity index (χ0v) is 16.3. The number of benzene rings is 1. The van der Waals surface area contributed by atoms with Crippen LogP contribution in [-0.4, -0.2) is 27.5 Å². The van der Waals surface area contributed by atoms with Crippen molar-refractivity contribution in [3.05, 3.63) is 53.2 Å². The zero-order chi connectivity index (χ0) is 24.1. The van der Waals surface area contributed by atoms with Crippen molar-refractivity contribution in [1.82, 2.24) is 14.8 Å². The van der Waals surface area contributed by atoms with Crippen LogP contribution in [0.4, 0.5) is 36.4 Å². The summed E-state index contributed by atoms with van der Waals surface area (Å²) in [5.41, 5.74) is -5.29. The number of carbonyl (C=O) groups is 1. The molecule has 1 N–H and O–H groups in total. The van der Waals surface area contributed by atoms with E-state index >= 15 is 0 Å². The number of nitrogens with zero attached hydrogens (tertiary/aromatic N) is 3. The van der Waals surface area contributed by atoms with Crippen LogP contribution >= 0.6 is 0 Å². The van der Waals surface area contributed by atoms with Gasteiger partial charge < -0.3 is 14.8 Å². The van der Waals surface area contributed by atoms with Crippen LogP contribution in [0.5, 0.6) is 11.5 Å². The molecule has 1 aromatic carbocycles. The van der Waals surface area contributed by atoms with Crippen LogP contribution < -0.4 is 14.8 Å². The fourth-order valence-corrected chi connectivity index (χ4v) is 3.25. The summed E-state index contributed by atoms with van der Waals surface area (Å²) in [6.45, 7) is -0.436. The first-order chi connectivity index (χ1) is 15.4. The molecule has 1 amide bonds. The maximum atomic E-state index is 14.0. The average Bonchev–Trinajstić information content (AvgIpc) is 3.33. The number of carbonyl (C=O) groups excluding carboxylic acids is 1. The number of alkyl halides is 6. The SMILES string of the molecule is Cn1nc(-c2ccc(F)c3c2OCO3)c(C(F)(F)F)c1C(=O)Nc1ccnc(C(F)(F)F)c1. The predicted molar refractivity (Wildman–Crippen MR) is 96.9 cm³/mol. The lowest BCUT2D eigenvalue weighted by molar-refractivity contribution is -0.141. The Morgan fingerprint density at radius 1 is 1.06 bits per heavy atom. The Morgan fingerprint density at radius 3 is 2.42 bits per heavy atom. The molecule has 0 spiro atoms. The molecule has 0 unspecified atom stereocenters. The van der Waals surface area contributed by atoms with Gasteiger partial charge in [-0.15, -0.1) is 0 Å². The summed E-state index contributed by atoms with van der Waals surface area (Å²) in [7, 11) is 1.04. The van der Waals surface area contributed by atoms with Gasteiger partial charge in [-0.25, -0.2) is 4.39 Å². The number of pyridine rings is 1. The van der Waals surface area contributed by atoms with E-state index in [2.05, 4.69) is 10.1 Å². The third-order valence-electron chi connectivity index (χ3n) is 4.58. The molecular formula is C19H11F7N4O3. The number of nitrogens with one attached hydrogen (secondary N) is 1. The fourth-order valence-electron chi connectivity index (χ4n) is 3.25. The highest BCUT2D eigenvalue weighted by Gasteiger charge is 2.43. The van der Waals surface area contributed by atoms with E-state index < -0.39 is 65.0 Å². The van der Waals surface area contributed by atoms with E-state index in [0.717, 1.165) is 31.4 Å². The van der Waals surface area contributed by atoms with Crippen LogP contribution in [0.3, 0.4) is 0 Å². The number of hydrogen-bond acceptors (Lipinski definition) is 5. The molecule has 1 aliphatic heterocycles. The number of rotatable bonds is 3. The number of aryl methyl sites for hydroxylation is 1. The molecule has 3 aromatic rings. The Morgan fingerprint density at radius 2 is 1.76 bits per heavy atom. The fraction of sp³-hybridized carbons (Fsp3) is 0.211. The number of anilines is 1. The van der Waals surface area contributed by atoms with Gasteiger partial charge in [-0.2, -0.15) is 31.4 Å². The molecule has 174 valence electrons. The summed E-state index contributed by atoms with van der Waals surface area (Å²) in [4.78, 5) is 15.8. The summed E-state index contributed by atoms with van der Waals surface area (Å²) >= 11 is 0. The summed E-state index contributed by atoms with van der Waals surface area (Å²) < 4.78 is 105. The molecule has 0 atom stereocenters. The Labute approximate surface area is 179 Å². The van der Waals surface area contributed by atoms with Crippen molar-refractivity contribution >= 4 is 11.6 Å². The Kier molecular flexibility index (Phi) is 5.17. The number of halogens is 7. The molecule has 0 aliphatic carbocycles. The van der Waals surface area contributed by atoms with Gasteiger partial charge in [0, 0.05) is 24.5 Å². The van der Waals surface area contributed by atoms with Gasteiger partial charge in [0.15, 0.2) is 11.6 Å². The van der Waals surface area contributed by atoms with Crippen LogP contribution in [-0.2, 0) is 19.4 Å². The van der Waals surface area contributed by atoms with Crippen molar-refractivity contribution in [3.8, 4) is 22.8 Å². The van der Waals surface area contributed by atoms with Gasteiger partial charge in [-0.05, 0) is 24.3 Å². The monoisotopic (exact) mass is 476 g/mol. The minimum Gasteiger partial charge on any atom is -0.453 e. The van der Waals surface area contributed by atoms with Crippen molar-refractivity contribution in [2.45, 2.75) is 12.4 Å². The van der Waals surface area contributed by atoms with Gasteiger partial charge in [0.05, 0.1) is 0 Å². The average molecular weight is 476 g/mol. The molecule has 4 rings (SSSR count). The summed E-state index contributed by atoms with van der Waals surface area (Å²) in [5, 5.41) is 5.75. The number of ether oxygens (including phenoxy) is 2. The van der Waals surface area contributed by atoms with Crippen LogP contribution in [0.15, 0.2) is 30.5 Å². The van der Waals surface area contributed by atoms with Crippen LogP contribution in [0.1, 0.15) is 21.7 Å². The second-order valence-electron chi connectivity index (χ2n) is 6.73. The van der Waals surface area contributed by atoms with Crippen LogP contribution in [0.25, 0.3) is 11.3 Å². The van der Waals surface area contributed by atoms with E-state index in [9.17, 15) is 35.5 Å². The van der Waals surface area contributed by atoms with E-state index in [0.29, 0.717) is 10.7 Å². The van der Waals surface area contributed by atoms with Gasteiger partial charge in [0.2, 0.25) is 12.5 Å². The predicted octanol–water partition coefficient (Wildman–Crippen LogP) is 4.64. The van der Waals surface area contributed by atoms with Crippen LogP contribution in [0, 0.1) is 5.82 Å². The second-order valence-corrected chi connectivity index (χ2v) is 6.73. The minimum atomic E-state index is -5.12. The van der Waals surface area contributed by atoms with E-state index in [1.54, 1.807) is 0 Å².